The number of hydrogen-bond donors (Lipinski definition) is 0. The van der Waals surface area contributed by atoms with Gasteiger partial charge in [0.25, 0.3) is 0 Å². The number of sulfone groups is 1. The molecule has 1 saturated heterocycles. The summed E-state index contributed by atoms with van der Waals surface area (Å²) in [5.41, 5.74) is 0. The minimum atomic E-state index is -2.95. The molecule has 0 aromatic carbocycles. The monoisotopic (exact) mass is 343 g/mol. The van der Waals surface area contributed by atoms with E-state index in [9.17, 15) is 8.42 Å². The molecule has 1 aliphatic rings. The Hall–Kier alpha value is 0.740. The second-order valence-electron chi connectivity index (χ2n) is 4.66. The molecule has 1 aliphatic heterocycles. The standard InChI is InChI=1S/C11H22BrNO2S2/c1-3-4-10(7-12)8-13-5-6-16-9-11(13)17(2,14)15/h10-11H,3-9H2,1-2H3. The molecule has 1 heterocycles. The molecule has 0 bridgehead atoms. The Morgan fingerprint density at radius 3 is 2.76 bits per heavy atom. The van der Waals surface area contributed by atoms with Crippen LogP contribution < -0.4 is 0 Å². The van der Waals surface area contributed by atoms with Crippen LogP contribution in [0.3, 0.4) is 0 Å². The molecule has 0 spiro atoms. The Balaban J connectivity index is 2.65. The lowest BCUT2D eigenvalue weighted by Gasteiger charge is -2.36. The maximum Gasteiger partial charge on any atom is 0.164 e. The van der Waals surface area contributed by atoms with Crippen LogP contribution in [0.4, 0.5) is 0 Å². The van der Waals surface area contributed by atoms with Crippen molar-refractivity contribution < 1.29 is 8.42 Å². The summed E-state index contributed by atoms with van der Waals surface area (Å²) in [4.78, 5) is 2.16. The van der Waals surface area contributed by atoms with Crippen molar-refractivity contribution >= 4 is 37.5 Å². The van der Waals surface area contributed by atoms with Crippen LogP contribution in [0.2, 0.25) is 0 Å². The Morgan fingerprint density at radius 2 is 2.24 bits per heavy atom. The summed E-state index contributed by atoms with van der Waals surface area (Å²) in [6, 6.07) is 0. The van der Waals surface area contributed by atoms with Gasteiger partial charge in [0.05, 0.1) is 0 Å². The molecule has 6 heteroatoms. The molecule has 0 saturated carbocycles. The number of nitrogens with zero attached hydrogens (tertiary/aromatic N) is 1. The van der Waals surface area contributed by atoms with Gasteiger partial charge in [-0.1, -0.05) is 29.3 Å². The smallest absolute Gasteiger partial charge is 0.164 e. The van der Waals surface area contributed by atoms with Gasteiger partial charge >= 0.3 is 0 Å². The summed E-state index contributed by atoms with van der Waals surface area (Å²) in [5, 5.41) is 0.681. The van der Waals surface area contributed by atoms with Crippen molar-refractivity contribution in [2.45, 2.75) is 25.1 Å². The predicted octanol–water partition coefficient (Wildman–Crippen LogP) is 2.22. The molecule has 1 rings (SSSR count). The highest BCUT2D eigenvalue weighted by molar-refractivity contribution is 9.09. The first kappa shape index (κ1) is 15.8. The lowest BCUT2D eigenvalue weighted by atomic mass is 10.1. The van der Waals surface area contributed by atoms with Gasteiger partial charge in [0.2, 0.25) is 0 Å². The zero-order valence-electron chi connectivity index (χ0n) is 10.6. The zero-order valence-corrected chi connectivity index (χ0v) is 13.8. The van der Waals surface area contributed by atoms with E-state index in [1.807, 2.05) is 0 Å². The Kier molecular flexibility index (Phi) is 6.84. The molecule has 0 aliphatic carbocycles. The van der Waals surface area contributed by atoms with E-state index in [0.717, 1.165) is 42.8 Å². The summed E-state index contributed by atoms with van der Waals surface area (Å²) in [5.74, 6) is 2.33. The van der Waals surface area contributed by atoms with Gasteiger partial charge in [-0.05, 0) is 12.3 Å². The second kappa shape index (κ2) is 7.36. The number of alkyl halides is 1. The van der Waals surface area contributed by atoms with Gasteiger partial charge in [-0.3, -0.25) is 4.90 Å². The van der Waals surface area contributed by atoms with E-state index < -0.39 is 9.84 Å². The molecule has 102 valence electrons. The molecule has 0 aromatic heterocycles. The van der Waals surface area contributed by atoms with E-state index in [-0.39, 0.29) is 5.37 Å². The quantitative estimate of drug-likeness (QED) is 0.693. The van der Waals surface area contributed by atoms with Crippen LogP contribution >= 0.6 is 27.7 Å². The van der Waals surface area contributed by atoms with Gasteiger partial charge in [-0.25, -0.2) is 8.42 Å². The lowest BCUT2D eigenvalue weighted by molar-refractivity contribution is 0.231. The number of rotatable bonds is 6. The van der Waals surface area contributed by atoms with Crippen LogP contribution in [0.25, 0.3) is 0 Å². The average Bonchev–Trinajstić information content (AvgIpc) is 2.27. The Labute approximate surface area is 118 Å². The van der Waals surface area contributed by atoms with Crippen molar-refractivity contribution in [1.29, 1.82) is 0 Å². The minimum Gasteiger partial charge on any atom is -0.285 e. The first-order valence-electron chi connectivity index (χ1n) is 6.05. The summed E-state index contributed by atoms with van der Waals surface area (Å²) in [6.07, 6.45) is 3.67. The Bertz CT molecular complexity index is 321. The minimum absolute atomic E-state index is 0.278. The molecule has 0 N–H and O–H groups in total. The highest BCUT2D eigenvalue weighted by Gasteiger charge is 2.31. The average molecular weight is 344 g/mol. The summed E-state index contributed by atoms with van der Waals surface area (Å²) < 4.78 is 23.5. The number of hydrogen-bond acceptors (Lipinski definition) is 4. The van der Waals surface area contributed by atoms with Crippen molar-refractivity contribution in [2.24, 2.45) is 5.92 Å². The lowest BCUT2D eigenvalue weighted by Crippen LogP contribution is -2.48. The second-order valence-corrected chi connectivity index (χ2v) is 8.66. The van der Waals surface area contributed by atoms with Gasteiger partial charge < -0.3 is 0 Å². The third-order valence-corrected chi connectivity index (χ3v) is 6.70. The first-order chi connectivity index (χ1) is 7.99. The van der Waals surface area contributed by atoms with E-state index in [2.05, 4.69) is 27.8 Å². The molecular formula is C11H22BrNO2S2. The highest BCUT2D eigenvalue weighted by atomic mass is 79.9. The van der Waals surface area contributed by atoms with Crippen molar-refractivity contribution in [1.82, 2.24) is 4.90 Å². The van der Waals surface area contributed by atoms with Crippen LogP contribution in [-0.2, 0) is 9.84 Å². The third-order valence-electron chi connectivity index (χ3n) is 3.09. The third kappa shape index (κ3) is 5.09. The van der Waals surface area contributed by atoms with Gasteiger partial charge in [0, 0.05) is 36.2 Å². The van der Waals surface area contributed by atoms with Crippen molar-refractivity contribution in [3.8, 4) is 0 Å². The SMILES string of the molecule is CCCC(CBr)CN1CCSCC1S(C)(=O)=O. The topological polar surface area (TPSA) is 37.4 Å². The summed E-state index contributed by atoms with van der Waals surface area (Å²) >= 11 is 5.28. The molecule has 0 amide bonds. The van der Waals surface area contributed by atoms with Crippen LogP contribution in [0.5, 0.6) is 0 Å². The van der Waals surface area contributed by atoms with Crippen LogP contribution in [-0.4, -0.2) is 54.9 Å². The van der Waals surface area contributed by atoms with Gasteiger partial charge in [0.1, 0.15) is 5.37 Å². The van der Waals surface area contributed by atoms with Crippen LogP contribution in [0.15, 0.2) is 0 Å². The van der Waals surface area contributed by atoms with E-state index in [1.165, 1.54) is 6.26 Å². The van der Waals surface area contributed by atoms with Gasteiger partial charge in [-0.2, -0.15) is 11.8 Å². The van der Waals surface area contributed by atoms with Crippen molar-refractivity contribution in [3.63, 3.8) is 0 Å². The molecule has 2 atom stereocenters. The van der Waals surface area contributed by atoms with E-state index in [4.69, 9.17) is 0 Å². The predicted molar refractivity (Wildman–Crippen MR) is 79.7 cm³/mol. The fraction of sp³-hybridized carbons (Fsp3) is 1.00. The molecule has 1 fully saturated rings. The number of halogens is 1. The molecule has 0 radical (unpaired) electrons. The Morgan fingerprint density at radius 1 is 1.53 bits per heavy atom. The maximum absolute atomic E-state index is 11.8. The highest BCUT2D eigenvalue weighted by Crippen LogP contribution is 2.23. The fourth-order valence-corrected chi connectivity index (χ4v) is 5.66. The van der Waals surface area contributed by atoms with E-state index in [1.54, 1.807) is 11.8 Å². The van der Waals surface area contributed by atoms with E-state index in [0.29, 0.717) is 5.92 Å². The van der Waals surface area contributed by atoms with Gasteiger partial charge in [-0.15, -0.1) is 0 Å². The maximum atomic E-state index is 11.8. The summed E-state index contributed by atoms with van der Waals surface area (Å²) in [7, 11) is -2.95. The molecular weight excluding hydrogens is 322 g/mol. The van der Waals surface area contributed by atoms with Crippen molar-refractivity contribution in [3.05, 3.63) is 0 Å². The normalized spacial score (nSPS) is 24.8. The van der Waals surface area contributed by atoms with Crippen molar-refractivity contribution in [2.75, 3.05) is 36.2 Å². The first-order valence-corrected chi connectivity index (χ1v) is 10.3. The van der Waals surface area contributed by atoms with Gasteiger partial charge in [0.15, 0.2) is 9.84 Å². The summed E-state index contributed by atoms with van der Waals surface area (Å²) in [6.45, 7) is 3.97. The fourth-order valence-electron chi connectivity index (χ4n) is 2.18. The molecule has 17 heavy (non-hydrogen) atoms. The van der Waals surface area contributed by atoms with Crippen LogP contribution in [0.1, 0.15) is 19.8 Å². The molecule has 3 nitrogen and oxygen atoms in total. The molecule has 0 aromatic rings. The van der Waals surface area contributed by atoms with E-state index >= 15 is 0 Å². The number of thioether (sulfide) groups is 1. The largest absolute Gasteiger partial charge is 0.285 e. The zero-order chi connectivity index (χ0) is 12.9. The van der Waals surface area contributed by atoms with Crippen LogP contribution in [0, 0.1) is 5.92 Å². The molecule has 2 unspecified atom stereocenters.